The average Bonchev–Trinajstić information content (AvgIpc) is 3.47. The number of amides is 2. The lowest BCUT2D eigenvalue weighted by Gasteiger charge is -2.14. The van der Waals surface area contributed by atoms with E-state index in [2.05, 4.69) is 10.6 Å². The van der Waals surface area contributed by atoms with E-state index in [0.717, 1.165) is 10.1 Å². The zero-order valence-corrected chi connectivity index (χ0v) is 21.2. The fraction of sp³-hybridized carbons (Fsp3) is 0.133. The fourth-order valence-corrected chi connectivity index (χ4v) is 4.27. The Morgan fingerprint density at radius 1 is 0.846 bits per heavy atom. The third-order valence-electron chi connectivity index (χ3n) is 6.33. The van der Waals surface area contributed by atoms with E-state index in [1.807, 2.05) is 19.1 Å². The van der Waals surface area contributed by atoms with Crippen LogP contribution in [-0.2, 0) is 24.4 Å². The Morgan fingerprint density at radius 2 is 1.59 bits per heavy atom. The molecule has 196 valence electrons. The summed E-state index contributed by atoms with van der Waals surface area (Å²) in [5, 5.41) is 5.90. The fourth-order valence-electron chi connectivity index (χ4n) is 4.27. The van der Waals surface area contributed by atoms with E-state index in [4.69, 9.17) is 4.42 Å². The topological polar surface area (TPSA) is 115 Å². The van der Waals surface area contributed by atoms with Crippen LogP contribution in [0.15, 0.2) is 105 Å². The van der Waals surface area contributed by atoms with Gasteiger partial charge in [-0.15, -0.1) is 0 Å². The van der Waals surface area contributed by atoms with Gasteiger partial charge < -0.3 is 15.1 Å². The molecule has 9 heteroatoms. The second kappa shape index (κ2) is 11.1. The van der Waals surface area contributed by atoms with Crippen LogP contribution in [0.4, 0.5) is 5.69 Å². The lowest BCUT2D eigenvalue weighted by atomic mass is 10.1. The normalized spacial score (nSPS) is 10.9. The van der Waals surface area contributed by atoms with E-state index in [0.29, 0.717) is 33.5 Å². The number of carbonyl (C=O) groups is 2. The van der Waals surface area contributed by atoms with Crippen LogP contribution in [0.1, 0.15) is 27.2 Å². The molecule has 2 amide bonds. The quantitative estimate of drug-likeness (QED) is 0.323. The Labute approximate surface area is 223 Å². The van der Waals surface area contributed by atoms with E-state index < -0.39 is 11.2 Å². The molecule has 2 heterocycles. The van der Waals surface area contributed by atoms with Crippen LogP contribution in [0.5, 0.6) is 0 Å². The minimum Gasteiger partial charge on any atom is -0.467 e. The van der Waals surface area contributed by atoms with Gasteiger partial charge in [0.1, 0.15) is 12.3 Å². The van der Waals surface area contributed by atoms with Crippen LogP contribution in [0, 0.1) is 6.92 Å². The summed E-state index contributed by atoms with van der Waals surface area (Å²) in [6.07, 6.45) is 1.54. The molecule has 0 unspecified atom stereocenters. The van der Waals surface area contributed by atoms with E-state index >= 15 is 0 Å². The van der Waals surface area contributed by atoms with E-state index in [-0.39, 0.29) is 31.4 Å². The number of para-hydroxylation sites is 1. The summed E-state index contributed by atoms with van der Waals surface area (Å²) in [5.41, 5.74) is 2.09. The minimum absolute atomic E-state index is 0.0175. The number of fused-ring (bicyclic) bond motifs is 1. The Hall–Kier alpha value is -5.18. The molecule has 0 aliphatic carbocycles. The van der Waals surface area contributed by atoms with Gasteiger partial charge >= 0.3 is 5.69 Å². The predicted molar refractivity (Wildman–Crippen MR) is 148 cm³/mol. The van der Waals surface area contributed by atoms with Gasteiger partial charge in [0.15, 0.2) is 0 Å². The van der Waals surface area contributed by atoms with Gasteiger partial charge in [0.05, 0.1) is 30.3 Å². The zero-order chi connectivity index (χ0) is 27.4. The number of rotatable bonds is 8. The summed E-state index contributed by atoms with van der Waals surface area (Å²) in [7, 11) is 0. The predicted octanol–water partition coefficient (Wildman–Crippen LogP) is 3.68. The second-order valence-corrected chi connectivity index (χ2v) is 9.15. The molecule has 0 saturated heterocycles. The van der Waals surface area contributed by atoms with Crippen LogP contribution in [0.25, 0.3) is 10.9 Å². The smallest absolute Gasteiger partial charge is 0.332 e. The van der Waals surface area contributed by atoms with E-state index in [9.17, 15) is 19.2 Å². The molecule has 0 bridgehead atoms. The van der Waals surface area contributed by atoms with Gasteiger partial charge in [-0.1, -0.05) is 42.0 Å². The molecule has 3 aromatic carbocycles. The van der Waals surface area contributed by atoms with Gasteiger partial charge in [0.25, 0.3) is 11.5 Å². The molecule has 5 aromatic rings. The lowest BCUT2D eigenvalue weighted by Crippen LogP contribution is -2.42. The van der Waals surface area contributed by atoms with Crippen molar-refractivity contribution in [2.75, 3.05) is 5.32 Å². The molecular weight excluding hydrogens is 496 g/mol. The van der Waals surface area contributed by atoms with Gasteiger partial charge in [-0.2, -0.15) is 0 Å². The first-order chi connectivity index (χ1) is 18.9. The van der Waals surface area contributed by atoms with E-state index in [1.54, 1.807) is 72.8 Å². The molecular formula is C30H26N4O5. The van der Waals surface area contributed by atoms with Crippen LogP contribution in [0.2, 0.25) is 0 Å². The number of nitrogens with zero attached hydrogens (tertiary/aromatic N) is 2. The van der Waals surface area contributed by atoms with Crippen molar-refractivity contribution in [2.24, 2.45) is 0 Å². The molecule has 0 radical (unpaired) electrons. The number of hydrogen-bond donors (Lipinski definition) is 2. The Morgan fingerprint density at radius 3 is 2.31 bits per heavy atom. The SMILES string of the molecule is Cc1ccc(NC(=O)Cn2c(=O)n(Cc3ccc(C(=O)NCc4ccco4)cc3)c(=O)c3ccccc32)cc1. The molecule has 2 N–H and O–H groups in total. The largest absolute Gasteiger partial charge is 0.467 e. The van der Waals surface area contributed by atoms with Gasteiger partial charge in [0, 0.05) is 11.3 Å². The molecule has 2 aromatic heterocycles. The van der Waals surface area contributed by atoms with Gasteiger partial charge in [0.2, 0.25) is 5.91 Å². The molecule has 5 rings (SSSR count). The number of aromatic nitrogens is 2. The van der Waals surface area contributed by atoms with Crippen LogP contribution < -0.4 is 21.9 Å². The Balaban J connectivity index is 1.39. The maximum Gasteiger partial charge on any atom is 0.332 e. The third kappa shape index (κ3) is 5.72. The summed E-state index contributed by atoms with van der Waals surface area (Å²) in [6.45, 7) is 1.93. The number of aryl methyl sites for hydroxylation is 1. The number of benzene rings is 3. The minimum atomic E-state index is -0.599. The van der Waals surface area contributed by atoms with Crippen molar-refractivity contribution in [2.45, 2.75) is 26.6 Å². The first kappa shape index (κ1) is 25.5. The maximum absolute atomic E-state index is 13.5. The monoisotopic (exact) mass is 522 g/mol. The second-order valence-electron chi connectivity index (χ2n) is 9.15. The molecule has 0 atom stereocenters. The molecule has 0 aliphatic rings. The molecule has 0 fully saturated rings. The lowest BCUT2D eigenvalue weighted by molar-refractivity contribution is -0.116. The molecule has 0 spiro atoms. The summed E-state index contributed by atoms with van der Waals surface area (Å²) in [5.74, 6) is -0.0246. The number of carbonyl (C=O) groups excluding carboxylic acids is 2. The first-order valence-electron chi connectivity index (χ1n) is 12.4. The van der Waals surface area contributed by atoms with Crippen molar-refractivity contribution in [1.82, 2.24) is 14.5 Å². The van der Waals surface area contributed by atoms with Gasteiger partial charge in [-0.3, -0.25) is 23.5 Å². The Bertz CT molecular complexity index is 1750. The van der Waals surface area contributed by atoms with Gasteiger partial charge in [-0.05, 0) is 61.0 Å². The van der Waals surface area contributed by atoms with Crippen molar-refractivity contribution in [3.8, 4) is 0 Å². The van der Waals surface area contributed by atoms with Crippen LogP contribution in [0.3, 0.4) is 0 Å². The average molecular weight is 523 g/mol. The highest BCUT2D eigenvalue weighted by molar-refractivity contribution is 5.94. The number of anilines is 1. The molecule has 39 heavy (non-hydrogen) atoms. The highest BCUT2D eigenvalue weighted by atomic mass is 16.3. The van der Waals surface area contributed by atoms with Gasteiger partial charge in [-0.25, -0.2) is 4.79 Å². The third-order valence-corrected chi connectivity index (χ3v) is 6.33. The number of hydrogen-bond acceptors (Lipinski definition) is 5. The highest BCUT2D eigenvalue weighted by Crippen LogP contribution is 2.12. The zero-order valence-electron chi connectivity index (χ0n) is 21.2. The summed E-state index contributed by atoms with van der Waals surface area (Å²) < 4.78 is 7.63. The summed E-state index contributed by atoms with van der Waals surface area (Å²) in [4.78, 5) is 52.1. The van der Waals surface area contributed by atoms with Crippen molar-refractivity contribution in [3.63, 3.8) is 0 Å². The molecule has 0 saturated carbocycles. The van der Waals surface area contributed by atoms with Crippen molar-refractivity contribution < 1.29 is 14.0 Å². The highest BCUT2D eigenvalue weighted by Gasteiger charge is 2.16. The van der Waals surface area contributed by atoms with Crippen LogP contribution >= 0.6 is 0 Å². The summed E-state index contributed by atoms with van der Waals surface area (Å²) >= 11 is 0. The molecule has 0 aliphatic heterocycles. The standard InChI is InChI=1S/C30H26N4O5/c1-20-8-14-23(15-9-20)32-27(35)19-33-26-7-3-2-6-25(26)29(37)34(30(33)38)18-21-10-12-22(13-11-21)28(36)31-17-24-5-4-16-39-24/h2-16H,17-19H2,1H3,(H,31,36)(H,32,35). The van der Waals surface area contributed by atoms with Crippen molar-refractivity contribution >= 4 is 28.4 Å². The number of furan rings is 1. The maximum atomic E-state index is 13.5. The van der Waals surface area contributed by atoms with Crippen molar-refractivity contribution in [1.29, 1.82) is 0 Å². The summed E-state index contributed by atoms with van der Waals surface area (Å²) in [6, 6.07) is 24.2. The Kier molecular flexibility index (Phi) is 7.22. The van der Waals surface area contributed by atoms with Crippen molar-refractivity contribution in [3.05, 3.63) is 134 Å². The first-order valence-corrected chi connectivity index (χ1v) is 12.4. The van der Waals surface area contributed by atoms with E-state index in [1.165, 1.54) is 10.8 Å². The molecule has 9 nitrogen and oxygen atoms in total. The van der Waals surface area contributed by atoms with Crippen LogP contribution in [-0.4, -0.2) is 20.9 Å². The number of nitrogens with one attached hydrogen (secondary N) is 2.